The molecule has 1 aromatic heterocycles. The number of carbonyl (C=O) groups is 1. The smallest absolute Gasteiger partial charge is 0.242 e. The zero-order valence-corrected chi connectivity index (χ0v) is 11.1. The molecule has 0 radical (unpaired) electrons. The van der Waals surface area contributed by atoms with Crippen molar-refractivity contribution in [3.05, 3.63) is 22.4 Å². The quantitative estimate of drug-likeness (QED) is 0.894. The fourth-order valence-electron chi connectivity index (χ4n) is 2.45. The van der Waals surface area contributed by atoms with Crippen LogP contribution in [0, 0.1) is 0 Å². The van der Waals surface area contributed by atoms with E-state index in [4.69, 9.17) is 5.73 Å². The van der Waals surface area contributed by atoms with Crippen LogP contribution < -0.4 is 5.73 Å². The van der Waals surface area contributed by atoms with Gasteiger partial charge in [-0.3, -0.25) is 4.79 Å². The van der Waals surface area contributed by atoms with Gasteiger partial charge in [-0.15, -0.1) is 11.3 Å². The molecule has 0 aromatic carbocycles. The highest BCUT2D eigenvalue weighted by atomic mass is 32.1. The van der Waals surface area contributed by atoms with Gasteiger partial charge in [-0.25, -0.2) is 0 Å². The number of nitrogens with two attached hydrogens (primary N) is 1. The molecule has 1 heterocycles. The van der Waals surface area contributed by atoms with Crippen LogP contribution in [-0.4, -0.2) is 22.9 Å². The van der Waals surface area contributed by atoms with Gasteiger partial charge in [0, 0.05) is 11.4 Å². The van der Waals surface area contributed by atoms with E-state index in [9.17, 15) is 4.79 Å². The van der Waals surface area contributed by atoms with Crippen molar-refractivity contribution in [3.63, 3.8) is 0 Å². The van der Waals surface area contributed by atoms with Crippen molar-refractivity contribution in [2.24, 2.45) is 5.73 Å². The van der Waals surface area contributed by atoms with Crippen LogP contribution in [0.25, 0.3) is 0 Å². The van der Waals surface area contributed by atoms with Crippen LogP contribution in [0.5, 0.6) is 0 Å². The summed E-state index contributed by atoms with van der Waals surface area (Å²) in [7, 11) is 0. The monoisotopic (exact) mass is 252 g/mol. The molecule has 3 nitrogen and oxygen atoms in total. The average molecular weight is 252 g/mol. The van der Waals surface area contributed by atoms with Crippen molar-refractivity contribution < 1.29 is 4.79 Å². The Bertz CT molecular complexity index is 369. The Morgan fingerprint density at radius 3 is 2.76 bits per heavy atom. The molecule has 0 unspecified atom stereocenters. The molecule has 17 heavy (non-hydrogen) atoms. The van der Waals surface area contributed by atoms with Crippen LogP contribution in [0.1, 0.15) is 37.5 Å². The van der Waals surface area contributed by atoms with Gasteiger partial charge in [0.05, 0.1) is 12.1 Å². The van der Waals surface area contributed by atoms with E-state index in [2.05, 4.69) is 6.07 Å². The summed E-state index contributed by atoms with van der Waals surface area (Å²) in [5.41, 5.74) is 5.63. The largest absolute Gasteiger partial charge is 0.336 e. The zero-order chi connectivity index (χ0) is 12.3. The van der Waals surface area contributed by atoms with Gasteiger partial charge in [0.15, 0.2) is 0 Å². The number of likely N-dealkylation sites (N-methyl/N-ethyl adjacent to an activating group) is 1. The van der Waals surface area contributed by atoms with Crippen molar-refractivity contribution in [2.45, 2.75) is 44.7 Å². The Labute approximate surface area is 107 Å². The first-order chi connectivity index (χ1) is 8.15. The Kier molecular flexibility index (Phi) is 3.84. The number of thiophene rings is 1. The molecule has 1 aliphatic rings. The first-order valence-corrected chi connectivity index (χ1v) is 7.14. The van der Waals surface area contributed by atoms with Crippen LogP contribution in [0.15, 0.2) is 17.5 Å². The molecule has 94 valence electrons. The van der Waals surface area contributed by atoms with Crippen LogP contribution in [0.2, 0.25) is 0 Å². The summed E-state index contributed by atoms with van der Waals surface area (Å²) < 4.78 is 0. The van der Waals surface area contributed by atoms with Gasteiger partial charge in [0.2, 0.25) is 5.91 Å². The zero-order valence-electron chi connectivity index (χ0n) is 10.3. The van der Waals surface area contributed by atoms with Gasteiger partial charge < -0.3 is 10.6 Å². The summed E-state index contributed by atoms with van der Waals surface area (Å²) in [6.07, 6.45) is 3.84. The van der Waals surface area contributed by atoms with Crippen LogP contribution in [0.4, 0.5) is 0 Å². The minimum Gasteiger partial charge on any atom is -0.336 e. The molecule has 1 fully saturated rings. The molecule has 0 atom stereocenters. The van der Waals surface area contributed by atoms with Crippen LogP contribution >= 0.6 is 11.3 Å². The fraction of sp³-hybridized carbons (Fsp3) is 0.615. The molecular formula is C13H20N2OS. The predicted molar refractivity (Wildman–Crippen MR) is 70.8 cm³/mol. The SMILES string of the molecule is CCN(Cc1cccs1)C(=O)C1(N)CCCC1. The third-order valence-corrected chi connectivity index (χ3v) is 4.38. The molecule has 2 N–H and O–H groups in total. The van der Waals surface area contributed by atoms with E-state index < -0.39 is 5.54 Å². The maximum atomic E-state index is 12.4. The number of carbonyl (C=O) groups excluding carboxylic acids is 1. The van der Waals surface area contributed by atoms with Crippen molar-refractivity contribution >= 4 is 17.2 Å². The number of hydrogen-bond donors (Lipinski definition) is 1. The van der Waals surface area contributed by atoms with Gasteiger partial charge in [-0.1, -0.05) is 18.9 Å². The van der Waals surface area contributed by atoms with Crippen LogP contribution in [-0.2, 0) is 11.3 Å². The average Bonchev–Trinajstić information content (AvgIpc) is 2.97. The van der Waals surface area contributed by atoms with Crippen molar-refractivity contribution in [2.75, 3.05) is 6.54 Å². The standard InChI is InChI=1S/C13H20N2OS/c1-2-15(10-11-6-5-9-17-11)12(16)13(14)7-3-4-8-13/h5-6,9H,2-4,7-8,10,14H2,1H3. The highest BCUT2D eigenvalue weighted by Gasteiger charge is 2.39. The Morgan fingerprint density at radius 2 is 2.24 bits per heavy atom. The van der Waals surface area contributed by atoms with Gasteiger partial charge in [-0.2, -0.15) is 0 Å². The summed E-state index contributed by atoms with van der Waals surface area (Å²) in [4.78, 5) is 15.5. The van der Waals surface area contributed by atoms with Crippen molar-refractivity contribution in [1.29, 1.82) is 0 Å². The highest BCUT2D eigenvalue weighted by Crippen LogP contribution is 2.29. The van der Waals surface area contributed by atoms with Crippen molar-refractivity contribution in [3.8, 4) is 0 Å². The van der Waals surface area contributed by atoms with Gasteiger partial charge in [-0.05, 0) is 31.2 Å². The van der Waals surface area contributed by atoms with Gasteiger partial charge in [0.25, 0.3) is 0 Å². The van der Waals surface area contributed by atoms with E-state index in [1.807, 2.05) is 23.3 Å². The normalized spacial score (nSPS) is 18.2. The molecule has 0 spiro atoms. The first kappa shape index (κ1) is 12.6. The molecule has 0 bridgehead atoms. The second kappa shape index (κ2) is 5.19. The first-order valence-electron chi connectivity index (χ1n) is 6.26. The molecule has 1 saturated carbocycles. The van der Waals surface area contributed by atoms with E-state index in [0.29, 0.717) is 6.54 Å². The van der Waals surface area contributed by atoms with Gasteiger partial charge >= 0.3 is 0 Å². The molecular weight excluding hydrogens is 232 g/mol. The molecule has 4 heteroatoms. The lowest BCUT2D eigenvalue weighted by atomic mass is 9.97. The lowest BCUT2D eigenvalue weighted by Crippen LogP contribution is -2.53. The lowest BCUT2D eigenvalue weighted by Gasteiger charge is -2.30. The second-order valence-electron chi connectivity index (χ2n) is 4.76. The molecule has 1 aliphatic carbocycles. The second-order valence-corrected chi connectivity index (χ2v) is 5.79. The van der Waals surface area contributed by atoms with E-state index in [-0.39, 0.29) is 5.91 Å². The minimum absolute atomic E-state index is 0.130. The Balaban J connectivity index is 2.05. The molecule has 2 rings (SSSR count). The number of rotatable bonds is 4. The fourth-order valence-corrected chi connectivity index (χ4v) is 3.17. The van der Waals surface area contributed by atoms with E-state index in [1.54, 1.807) is 11.3 Å². The topological polar surface area (TPSA) is 46.3 Å². The summed E-state index contributed by atoms with van der Waals surface area (Å²) in [5, 5.41) is 2.04. The highest BCUT2D eigenvalue weighted by molar-refractivity contribution is 7.09. The number of amides is 1. The molecule has 1 aromatic rings. The van der Waals surface area contributed by atoms with Gasteiger partial charge in [0.1, 0.15) is 0 Å². The van der Waals surface area contributed by atoms with Crippen LogP contribution in [0.3, 0.4) is 0 Å². The van der Waals surface area contributed by atoms with E-state index >= 15 is 0 Å². The third kappa shape index (κ3) is 2.69. The summed E-state index contributed by atoms with van der Waals surface area (Å²) >= 11 is 1.69. The lowest BCUT2D eigenvalue weighted by molar-refractivity contribution is -0.137. The summed E-state index contributed by atoms with van der Waals surface area (Å²) in [5.74, 6) is 0.130. The maximum absolute atomic E-state index is 12.4. The number of nitrogens with zero attached hydrogens (tertiary/aromatic N) is 1. The minimum atomic E-state index is -0.590. The predicted octanol–water partition coefficient (Wildman–Crippen LogP) is 2.37. The third-order valence-electron chi connectivity index (χ3n) is 3.52. The Morgan fingerprint density at radius 1 is 1.53 bits per heavy atom. The summed E-state index contributed by atoms with van der Waals surface area (Å²) in [6, 6.07) is 4.09. The summed E-state index contributed by atoms with van der Waals surface area (Å²) in [6.45, 7) is 3.45. The maximum Gasteiger partial charge on any atom is 0.242 e. The Hall–Kier alpha value is -0.870. The molecule has 0 saturated heterocycles. The molecule has 0 aliphatic heterocycles. The van der Waals surface area contributed by atoms with Crippen molar-refractivity contribution in [1.82, 2.24) is 4.90 Å². The number of hydrogen-bond acceptors (Lipinski definition) is 3. The van der Waals surface area contributed by atoms with E-state index in [0.717, 1.165) is 32.2 Å². The molecule has 1 amide bonds. The van der Waals surface area contributed by atoms with E-state index in [1.165, 1.54) is 4.88 Å².